The molecule has 0 aromatic heterocycles. The molecule has 0 amide bonds. The number of carbonyl (C=O) groups is 1. The van der Waals surface area contributed by atoms with E-state index in [0.29, 0.717) is 17.1 Å². The van der Waals surface area contributed by atoms with Crippen LogP contribution in [0.4, 0.5) is 5.69 Å². The number of aryl methyl sites for hydroxylation is 1. The zero-order chi connectivity index (χ0) is 18.4. The maximum atomic E-state index is 13.2. The van der Waals surface area contributed by atoms with Crippen LogP contribution in [0, 0.1) is 0 Å². The molecule has 0 spiro atoms. The first-order chi connectivity index (χ1) is 11.7. The third kappa shape index (κ3) is 3.12. The molecule has 1 heterocycles. The molecule has 0 fully saturated rings. The summed E-state index contributed by atoms with van der Waals surface area (Å²) >= 11 is 6.03. The fourth-order valence-corrected chi connectivity index (χ4v) is 5.07. The van der Waals surface area contributed by atoms with Crippen molar-refractivity contribution in [2.45, 2.75) is 37.6 Å². The normalized spacial score (nSPS) is 17.2. The largest absolute Gasteiger partial charge is 0.507 e. The van der Waals surface area contributed by atoms with Gasteiger partial charge in [-0.15, -0.1) is 0 Å². The lowest BCUT2D eigenvalue weighted by Gasteiger charge is -2.36. The van der Waals surface area contributed by atoms with Gasteiger partial charge in [0.15, 0.2) is 5.78 Å². The lowest BCUT2D eigenvalue weighted by Crippen LogP contribution is -2.42. The molecule has 1 atom stereocenters. The van der Waals surface area contributed by atoms with Crippen LogP contribution in [0.25, 0.3) is 0 Å². The van der Waals surface area contributed by atoms with E-state index in [1.165, 1.54) is 29.4 Å². The third-order valence-corrected chi connectivity index (χ3v) is 6.57. The molecule has 0 radical (unpaired) electrons. The van der Waals surface area contributed by atoms with Crippen LogP contribution in [-0.2, 0) is 16.4 Å². The van der Waals surface area contributed by atoms with E-state index >= 15 is 0 Å². The van der Waals surface area contributed by atoms with Gasteiger partial charge in [-0.2, -0.15) is 0 Å². The molecule has 0 bridgehead atoms. The number of phenolic OH excluding ortho intramolecular Hbond substituents is 1. The fraction of sp³-hybridized carbons (Fsp3) is 0.278. The van der Waals surface area contributed by atoms with Crippen molar-refractivity contribution >= 4 is 33.1 Å². The molecular formula is C18H18ClNO4S. The van der Waals surface area contributed by atoms with Crippen molar-refractivity contribution in [3.05, 3.63) is 52.5 Å². The summed E-state index contributed by atoms with van der Waals surface area (Å²) in [5.41, 5.74) is 1.46. The second kappa shape index (κ2) is 6.35. The predicted molar refractivity (Wildman–Crippen MR) is 97.0 cm³/mol. The second-order valence-electron chi connectivity index (χ2n) is 6.20. The van der Waals surface area contributed by atoms with Crippen LogP contribution in [-0.4, -0.2) is 25.3 Å². The van der Waals surface area contributed by atoms with Crippen LogP contribution < -0.4 is 4.31 Å². The Labute approximate surface area is 151 Å². The Kier molecular flexibility index (Phi) is 4.51. The Morgan fingerprint density at radius 3 is 2.64 bits per heavy atom. The monoisotopic (exact) mass is 379 g/mol. The van der Waals surface area contributed by atoms with Crippen molar-refractivity contribution in [1.29, 1.82) is 0 Å². The van der Waals surface area contributed by atoms with E-state index in [0.717, 1.165) is 12.0 Å². The molecule has 7 heteroatoms. The lowest BCUT2D eigenvalue weighted by atomic mass is 9.99. The van der Waals surface area contributed by atoms with Gasteiger partial charge in [-0.1, -0.05) is 11.6 Å². The highest BCUT2D eigenvalue weighted by Gasteiger charge is 2.34. The number of fused-ring (bicyclic) bond motifs is 1. The van der Waals surface area contributed by atoms with Gasteiger partial charge in [-0.25, -0.2) is 8.42 Å². The first kappa shape index (κ1) is 17.8. The topological polar surface area (TPSA) is 74.7 Å². The predicted octanol–water partition coefficient (Wildman–Crippen LogP) is 3.78. The minimum atomic E-state index is -3.88. The van der Waals surface area contributed by atoms with E-state index in [9.17, 15) is 18.3 Å². The van der Waals surface area contributed by atoms with E-state index in [-0.39, 0.29) is 22.3 Å². The number of Topliss-reactive ketones (excluding diaryl/α,β-unsaturated/α-hetero) is 1. The summed E-state index contributed by atoms with van der Waals surface area (Å²) in [6, 6.07) is 8.70. The minimum Gasteiger partial charge on any atom is -0.507 e. The Balaban J connectivity index is 2.15. The number of benzene rings is 2. The van der Waals surface area contributed by atoms with Crippen molar-refractivity contribution in [3.63, 3.8) is 0 Å². The van der Waals surface area contributed by atoms with Crippen LogP contribution in [0.2, 0.25) is 5.02 Å². The van der Waals surface area contributed by atoms with Crippen LogP contribution in [0.15, 0.2) is 41.3 Å². The molecule has 5 nitrogen and oxygen atoms in total. The molecule has 1 aliphatic heterocycles. The zero-order valence-electron chi connectivity index (χ0n) is 13.9. The SMILES string of the molecule is CC(=O)c1cc(S(=O)(=O)N2c3ccc(Cl)cc3CCC2C)ccc1O. The summed E-state index contributed by atoms with van der Waals surface area (Å²) in [6.45, 7) is 3.13. The molecule has 2 aromatic carbocycles. The smallest absolute Gasteiger partial charge is 0.264 e. The fourth-order valence-electron chi connectivity index (χ4n) is 3.13. The summed E-state index contributed by atoms with van der Waals surface area (Å²) in [5.74, 6) is -0.626. The number of anilines is 1. The minimum absolute atomic E-state index is 0.0120. The molecular weight excluding hydrogens is 362 g/mol. The number of aromatic hydroxyl groups is 1. The number of phenols is 1. The van der Waals surface area contributed by atoms with Gasteiger partial charge in [0.1, 0.15) is 5.75 Å². The third-order valence-electron chi connectivity index (χ3n) is 4.41. The number of hydrogen-bond donors (Lipinski definition) is 1. The maximum Gasteiger partial charge on any atom is 0.264 e. The summed E-state index contributed by atoms with van der Waals surface area (Å²) in [5, 5.41) is 10.3. The highest BCUT2D eigenvalue weighted by atomic mass is 35.5. The number of hydrogen-bond acceptors (Lipinski definition) is 4. The van der Waals surface area contributed by atoms with Crippen LogP contribution >= 0.6 is 11.6 Å². The summed E-state index contributed by atoms with van der Waals surface area (Å²) in [6.07, 6.45) is 1.42. The van der Waals surface area contributed by atoms with Crippen molar-refractivity contribution in [1.82, 2.24) is 0 Å². The average Bonchev–Trinajstić information content (AvgIpc) is 2.54. The van der Waals surface area contributed by atoms with Crippen molar-refractivity contribution < 1.29 is 18.3 Å². The number of carbonyl (C=O) groups excluding carboxylic acids is 1. The molecule has 1 aliphatic rings. The van der Waals surface area contributed by atoms with Crippen molar-refractivity contribution in [2.24, 2.45) is 0 Å². The molecule has 0 aliphatic carbocycles. The Morgan fingerprint density at radius 2 is 1.96 bits per heavy atom. The van der Waals surface area contributed by atoms with Gasteiger partial charge >= 0.3 is 0 Å². The number of rotatable bonds is 3. The highest BCUT2D eigenvalue weighted by molar-refractivity contribution is 7.92. The summed E-state index contributed by atoms with van der Waals surface area (Å²) in [7, 11) is -3.88. The van der Waals surface area contributed by atoms with E-state index in [4.69, 9.17) is 11.6 Å². The van der Waals surface area contributed by atoms with Gasteiger partial charge in [-0.05, 0) is 68.7 Å². The van der Waals surface area contributed by atoms with Gasteiger partial charge in [0, 0.05) is 11.1 Å². The molecule has 0 saturated carbocycles. The van der Waals surface area contributed by atoms with Gasteiger partial charge in [0.25, 0.3) is 10.0 Å². The van der Waals surface area contributed by atoms with Crippen LogP contribution in [0.5, 0.6) is 5.75 Å². The Morgan fingerprint density at radius 1 is 1.24 bits per heavy atom. The molecule has 1 N–H and O–H groups in total. The molecule has 3 rings (SSSR count). The number of sulfonamides is 1. The van der Waals surface area contributed by atoms with E-state index in [2.05, 4.69) is 0 Å². The highest BCUT2D eigenvalue weighted by Crippen LogP contribution is 2.37. The quantitative estimate of drug-likeness (QED) is 0.823. The Bertz CT molecular complexity index is 956. The van der Waals surface area contributed by atoms with E-state index in [1.54, 1.807) is 18.2 Å². The molecule has 0 saturated heterocycles. The molecule has 2 aromatic rings. The van der Waals surface area contributed by atoms with E-state index in [1.807, 2.05) is 6.92 Å². The van der Waals surface area contributed by atoms with E-state index < -0.39 is 15.8 Å². The van der Waals surface area contributed by atoms with Crippen LogP contribution in [0.3, 0.4) is 0 Å². The molecule has 1 unspecified atom stereocenters. The average molecular weight is 380 g/mol. The van der Waals surface area contributed by atoms with Crippen molar-refractivity contribution in [2.75, 3.05) is 4.31 Å². The maximum absolute atomic E-state index is 13.2. The molecule has 25 heavy (non-hydrogen) atoms. The first-order valence-corrected chi connectivity index (χ1v) is 9.70. The van der Waals surface area contributed by atoms with Gasteiger partial charge < -0.3 is 5.11 Å². The number of halogens is 1. The zero-order valence-corrected chi connectivity index (χ0v) is 15.4. The van der Waals surface area contributed by atoms with Gasteiger partial charge in [-0.3, -0.25) is 9.10 Å². The second-order valence-corrected chi connectivity index (χ2v) is 8.45. The number of nitrogens with zero attached hydrogens (tertiary/aromatic N) is 1. The lowest BCUT2D eigenvalue weighted by molar-refractivity contribution is 0.101. The van der Waals surface area contributed by atoms with Crippen molar-refractivity contribution in [3.8, 4) is 5.75 Å². The number of ketones is 1. The van der Waals surface area contributed by atoms with Gasteiger partial charge in [0.05, 0.1) is 16.1 Å². The summed E-state index contributed by atoms with van der Waals surface area (Å²) < 4.78 is 27.8. The van der Waals surface area contributed by atoms with Crippen LogP contribution in [0.1, 0.15) is 36.2 Å². The Hall–Kier alpha value is -2.05. The summed E-state index contributed by atoms with van der Waals surface area (Å²) in [4.78, 5) is 11.6. The first-order valence-electron chi connectivity index (χ1n) is 7.88. The standard InChI is InChI=1S/C18H18ClNO4S/c1-11-3-4-13-9-14(19)5-7-17(13)20(11)25(23,24)15-6-8-18(22)16(10-15)12(2)21/h5-11,22H,3-4H2,1-2H3. The molecule has 132 valence electrons. The van der Waals surface area contributed by atoms with Gasteiger partial charge in [0.2, 0.25) is 0 Å².